The van der Waals surface area contributed by atoms with Gasteiger partial charge in [0, 0.05) is 60.6 Å². The summed E-state index contributed by atoms with van der Waals surface area (Å²) in [7, 11) is 1.72. The van der Waals surface area contributed by atoms with Crippen molar-refractivity contribution in [1.82, 2.24) is 20.2 Å². The van der Waals surface area contributed by atoms with Crippen LogP contribution in [0, 0.1) is 6.92 Å². The van der Waals surface area contributed by atoms with Gasteiger partial charge < -0.3 is 21.1 Å². The quantitative estimate of drug-likeness (QED) is 0.125. The zero-order chi connectivity index (χ0) is 34.2. The number of aliphatic hydroxyl groups excluding tert-OH is 1. The van der Waals surface area contributed by atoms with Gasteiger partial charge in [-0.05, 0) is 64.8 Å². The molecule has 5 rings (SSSR count). The molecule has 248 valence electrons. The number of benzene rings is 3. The number of aliphatic hydroxyl groups is 1. The minimum absolute atomic E-state index is 0.215. The fourth-order valence-electron chi connectivity index (χ4n) is 5.93. The summed E-state index contributed by atoms with van der Waals surface area (Å²) < 4.78 is 0. The maximum Gasteiger partial charge on any atom is 0.254 e. The van der Waals surface area contributed by atoms with Crippen LogP contribution in [0.1, 0.15) is 79.4 Å². The largest absolute Gasteiger partial charge is 0.391 e. The third-order valence-electron chi connectivity index (χ3n) is 8.46. The Morgan fingerprint density at radius 3 is 2.33 bits per heavy atom. The van der Waals surface area contributed by atoms with E-state index in [-0.39, 0.29) is 18.0 Å². The number of pyridine rings is 1. The van der Waals surface area contributed by atoms with Crippen molar-refractivity contribution in [2.45, 2.75) is 58.2 Å². The highest BCUT2D eigenvalue weighted by Gasteiger charge is 2.30. The van der Waals surface area contributed by atoms with Crippen LogP contribution in [0.5, 0.6) is 0 Å². The van der Waals surface area contributed by atoms with Gasteiger partial charge in [-0.3, -0.25) is 14.6 Å². The van der Waals surface area contributed by atoms with Crippen LogP contribution in [0.15, 0.2) is 96.6 Å². The molecule has 0 unspecified atom stereocenters. The molecular weight excluding hydrogens is 619 g/mol. The summed E-state index contributed by atoms with van der Waals surface area (Å²) in [5.74, 6) is -1.09. The highest BCUT2D eigenvalue weighted by atomic mass is 32.1. The van der Waals surface area contributed by atoms with Gasteiger partial charge in [-0.1, -0.05) is 80.6 Å². The molecule has 4 N–H and O–H groups in total. The van der Waals surface area contributed by atoms with Crippen LogP contribution in [0.2, 0.25) is 0 Å². The van der Waals surface area contributed by atoms with E-state index in [9.17, 15) is 14.7 Å². The average molecular weight is 662 g/mol. The molecule has 3 aromatic carbocycles. The molecular formula is C39H43N5O3S. The monoisotopic (exact) mass is 661 g/mol. The van der Waals surface area contributed by atoms with Gasteiger partial charge >= 0.3 is 0 Å². The molecule has 8 nitrogen and oxygen atoms in total. The Bertz CT molecular complexity index is 1840. The third kappa shape index (κ3) is 8.60. The Balaban J connectivity index is 1.55. The highest BCUT2D eigenvalue weighted by molar-refractivity contribution is 7.09. The maximum absolute atomic E-state index is 13.8. The lowest BCUT2D eigenvalue weighted by Crippen LogP contribution is -2.34. The minimum atomic E-state index is -0.899. The third-order valence-corrected chi connectivity index (χ3v) is 9.41. The molecule has 48 heavy (non-hydrogen) atoms. The molecule has 9 heteroatoms. The molecule has 0 saturated carbocycles. The number of hydrogen-bond donors (Lipinski definition) is 3. The number of aryl methyl sites for hydroxylation is 1. The van der Waals surface area contributed by atoms with E-state index in [0.29, 0.717) is 42.1 Å². The second kappa shape index (κ2) is 15.9. The number of aromatic nitrogens is 2. The number of carbonyl (C=O) groups is 2. The smallest absolute Gasteiger partial charge is 0.254 e. The number of nitrogens with one attached hydrogen (secondary N) is 1. The summed E-state index contributed by atoms with van der Waals surface area (Å²) in [5, 5.41) is 18.1. The summed E-state index contributed by atoms with van der Waals surface area (Å²) in [6, 6.07) is 25.0. The zero-order valence-corrected chi connectivity index (χ0v) is 28.7. The molecule has 5 aromatic rings. The van der Waals surface area contributed by atoms with Crippen molar-refractivity contribution in [2.24, 2.45) is 5.73 Å². The molecule has 0 aliphatic heterocycles. The Kier molecular flexibility index (Phi) is 11.5. The van der Waals surface area contributed by atoms with Gasteiger partial charge in [-0.2, -0.15) is 0 Å². The Labute approximate surface area is 286 Å². The predicted molar refractivity (Wildman–Crippen MR) is 192 cm³/mol. The Morgan fingerprint density at radius 1 is 0.979 bits per heavy atom. The zero-order valence-electron chi connectivity index (χ0n) is 27.9. The normalized spacial score (nSPS) is 12.5. The fraction of sp³-hybridized carbons (Fsp3) is 0.282. The summed E-state index contributed by atoms with van der Waals surface area (Å²) in [6.07, 6.45) is 3.25. The first-order valence-corrected chi connectivity index (χ1v) is 17.0. The lowest BCUT2D eigenvalue weighted by molar-refractivity contribution is 0.0785. The van der Waals surface area contributed by atoms with E-state index in [1.807, 2.05) is 91.4 Å². The van der Waals surface area contributed by atoms with E-state index in [1.165, 1.54) is 11.3 Å². The summed E-state index contributed by atoms with van der Waals surface area (Å²) >= 11 is 1.50. The van der Waals surface area contributed by atoms with Gasteiger partial charge in [-0.15, -0.1) is 11.3 Å². The van der Waals surface area contributed by atoms with E-state index in [1.54, 1.807) is 18.0 Å². The Morgan fingerprint density at radius 2 is 1.69 bits per heavy atom. The van der Waals surface area contributed by atoms with Crippen LogP contribution < -0.4 is 11.1 Å². The van der Waals surface area contributed by atoms with Crippen molar-refractivity contribution in [2.75, 3.05) is 13.6 Å². The molecule has 0 aliphatic carbocycles. The molecule has 0 spiro atoms. The molecule has 2 aromatic heterocycles. The SMILES string of the molecule is Cc1csc(CN(C)C(=O)c2cc(C(N)=O)c([C@H](Cc3ccccc3)[C@@H](O)CNCc3cncc(C(C)C)c3)c(-c3ccccc3)c2)n1. The van der Waals surface area contributed by atoms with Crippen molar-refractivity contribution in [3.8, 4) is 11.1 Å². The molecule has 0 fully saturated rings. The first kappa shape index (κ1) is 34.6. The molecule has 0 aliphatic rings. The van der Waals surface area contributed by atoms with Crippen LogP contribution in [0.25, 0.3) is 11.1 Å². The van der Waals surface area contributed by atoms with Gasteiger partial charge in [0.15, 0.2) is 0 Å². The second-order valence-corrected chi connectivity index (χ2v) is 13.5. The van der Waals surface area contributed by atoms with Crippen LogP contribution in [0.3, 0.4) is 0 Å². The van der Waals surface area contributed by atoms with Crippen LogP contribution in [-0.4, -0.2) is 51.5 Å². The lowest BCUT2D eigenvalue weighted by Gasteiger charge is -2.29. The molecule has 2 heterocycles. The van der Waals surface area contributed by atoms with E-state index in [2.05, 4.69) is 35.2 Å². The average Bonchev–Trinajstić information content (AvgIpc) is 3.51. The second-order valence-electron chi connectivity index (χ2n) is 12.5. The van der Waals surface area contributed by atoms with Crippen molar-refractivity contribution in [3.63, 3.8) is 0 Å². The molecule has 0 saturated heterocycles. The van der Waals surface area contributed by atoms with Crippen LogP contribution in [-0.2, 0) is 19.5 Å². The Hall–Kier alpha value is -4.70. The fourth-order valence-corrected chi connectivity index (χ4v) is 6.76. The van der Waals surface area contributed by atoms with Crippen molar-refractivity contribution in [3.05, 3.63) is 141 Å². The molecule has 0 bridgehead atoms. The van der Waals surface area contributed by atoms with Gasteiger partial charge in [0.1, 0.15) is 5.01 Å². The minimum Gasteiger partial charge on any atom is -0.391 e. The van der Waals surface area contributed by atoms with Gasteiger partial charge in [-0.25, -0.2) is 4.98 Å². The summed E-state index contributed by atoms with van der Waals surface area (Å²) in [4.78, 5) is 37.6. The first-order chi connectivity index (χ1) is 23.1. The number of hydrogen-bond acceptors (Lipinski definition) is 7. The van der Waals surface area contributed by atoms with E-state index in [4.69, 9.17) is 5.73 Å². The van der Waals surface area contributed by atoms with Gasteiger partial charge in [0.05, 0.1) is 12.6 Å². The van der Waals surface area contributed by atoms with E-state index in [0.717, 1.165) is 33.0 Å². The van der Waals surface area contributed by atoms with E-state index < -0.39 is 17.9 Å². The van der Waals surface area contributed by atoms with Gasteiger partial charge in [0.25, 0.3) is 5.91 Å². The molecule has 2 atom stereocenters. The predicted octanol–water partition coefficient (Wildman–Crippen LogP) is 6.49. The number of nitrogens with zero attached hydrogens (tertiary/aromatic N) is 3. The number of rotatable bonds is 14. The maximum atomic E-state index is 13.8. The first-order valence-electron chi connectivity index (χ1n) is 16.2. The van der Waals surface area contributed by atoms with Crippen molar-refractivity contribution < 1.29 is 14.7 Å². The number of primary amides is 1. The molecule has 0 radical (unpaired) electrons. The van der Waals surface area contributed by atoms with Crippen LogP contribution >= 0.6 is 11.3 Å². The molecule has 2 amide bonds. The lowest BCUT2D eigenvalue weighted by atomic mass is 9.79. The van der Waals surface area contributed by atoms with E-state index >= 15 is 0 Å². The number of thiazole rings is 1. The topological polar surface area (TPSA) is 121 Å². The van der Waals surface area contributed by atoms with Crippen LogP contribution in [0.4, 0.5) is 0 Å². The number of nitrogens with two attached hydrogens (primary N) is 1. The van der Waals surface area contributed by atoms with Gasteiger partial charge in [0.2, 0.25) is 5.91 Å². The van der Waals surface area contributed by atoms with Crippen molar-refractivity contribution in [1.29, 1.82) is 0 Å². The standard InChI is InChI=1S/C39H43N5O3S/c1-25(2)31-15-28(19-41-21-31)20-42-22-35(45)33(16-27-11-7-5-8-12-27)37-32(29-13-9-6-10-14-29)17-30(18-34(37)38(40)46)39(47)44(4)23-36-43-26(3)24-48-36/h5-15,17-19,21,24-25,33,35,42,45H,16,20,22-23H2,1-4H3,(H2,40,46)/t33-,35+/m1/s1. The summed E-state index contributed by atoms with van der Waals surface area (Å²) in [6.45, 7) is 7.30. The number of carbonyl (C=O) groups excluding carboxylic acids is 2. The number of amides is 2. The highest BCUT2D eigenvalue weighted by Crippen LogP contribution is 2.37. The summed E-state index contributed by atoms with van der Waals surface area (Å²) in [5.41, 5.74) is 12.9. The van der Waals surface area contributed by atoms with Crippen molar-refractivity contribution >= 4 is 23.2 Å².